The molecule has 2 aromatic heterocycles. The van der Waals surface area contributed by atoms with Crippen LogP contribution in [0.5, 0.6) is 5.75 Å². The summed E-state index contributed by atoms with van der Waals surface area (Å²) >= 11 is 11.7. The second-order valence-electron chi connectivity index (χ2n) is 6.29. The van der Waals surface area contributed by atoms with Gasteiger partial charge in [0.25, 0.3) is 0 Å². The molecule has 0 radical (unpaired) electrons. The largest absolute Gasteiger partial charge is 0.496 e. The zero-order chi connectivity index (χ0) is 19.2. The van der Waals surface area contributed by atoms with E-state index in [-0.39, 0.29) is 0 Å². The summed E-state index contributed by atoms with van der Waals surface area (Å²) < 4.78 is 9.89. The molecule has 0 N–H and O–H groups in total. The molecule has 0 fully saturated rings. The van der Waals surface area contributed by atoms with Gasteiger partial charge in [-0.25, -0.2) is 4.68 Å². The zero-order valence-electron chi connectivity index (χ0n) is 15.4. The molecule has 0 saturated carbocycles. The highest BCUT2D eigenvalue weighted by atomic mass is 35.5. The molecule has 0 spiro atoms. The van der Waals surface area contributed by atoms with Crippen molar-refractivity contribution in [2.75, 3.05) is 14.2 Å². The Kier molecular flexibility index (Phi) is 6.60. The maximum atomic E-state index is 6.11. The normalized spacial score (nSPS) is 11.1. The summed E-state index contributed by atoms with van der Waals surface area (Å²) in [5.74, 6) is 0.815. The van der Waals surface area contributed by atoms with E-state index in [9.17, 15) is 0 Å². The van der Waals surface area contributed by atoms with Crippen LogP contribution < -0.4 is 4.74 Å². The minimum absolute atomic E-state index is 0.574. The molecule has 3 aromatic rings. The average Bonchev–Trinajstić information content (AvgIpc) is 3.01. The number of pyridine rings is 1. The van der Waals surface area contributed by atoms with Crippen LogP contribution in [0.2, 0.25) is 5.02 Å². The van der Waals surface area contributed by atoms with Gasteiger partial charge in [0.2, 0.25) is 0 Å². The van der Waals surface area contributed by atoms with Crippen LogP contribution in [0.1, 0.15) is 11.3 Å². The molecule has 0 saturated heterocycles. The van der Waals surface area contributed by atoms with E-state index >= 15 is 0 Å². The summed E-state index contributed by atoms with van der Waals surface area (Å²) in [5, 5.41) is 5.12. The number of benzene rings is 1. The molecule has 0 aliphatic carbocycles. The highest BCUT2D eigenvalue weighted by molar-refractivity contribution is 7.71. The van der Waals surface area contributed by atoms with E-state index in [1.165, 1.54) is 0 Å². The van der Waals surface area contributed by atoms with Crippen LogP contribution in [0, 0.1) is 4.77 Å². The van der Waals surface area contributed by atoms with Crippen molar-refractivity contribution in [2.24, 2.45) is 0 Å². The lowest BCUT2D eigenvalue weighted by atomic mass is 10.2. The number of ether oxygens (including phenoxy) is 1. The van der Waals surface area contributed by atoms with Crippen LogP contribution in [0.3, 0.4) is 0 Å². The number of halogens is 1. The number of hydrogen-bond donors (Lipinski definition) is 0. The van der Waals surface area contributed by atoms with Crippen LogP contribution in [-0.4, -0.2) is 38.4 Å². The molecule has 0 aliphatic heterocycles. The predicted octanol–water partition coefficient (Wildman–Crippen LogP) is 3.80. The molecule has 2 heterocycles. The Hall–Kier alpha value is -2.22. The quantitative estimate of drug-likeness (QED) is 0.535. The molecule has 142 valence electrons. The third-order valence-corrected chi connectivity index (χ3v) is 4.87. The Morgan fingerprint density at radius 3 is 2.85 bits per heavy atom. The second-order valence-corrected chi connectivity index (χ2v) is 7.09. The monoisotopic (exact) mass is 403 g/mol. The van der Waals surface area contributed by atoms with Crippen molar-refractivity contribution < 1.29 is 4.74 Å². The summed E-state index contributed by atoms with van der Waals surface area (Å²) in [4.78, 5) is 6.45. The molecule has 8 heteroatoms. The highest BCUT2D eigenvalue weighted by Gasteiger charge is 2.10. The van der Waals surface area contributed by atoms with Gasteiger partial charge in [-0.15, -0.1) is 0 Å². The summed E-state index contributed by atoms with van der Waals surface area (Å²) in [7, 11) is 3.67. The van der Waals surface area contributed by atoms with E-state index in [4.69, 9.17) is 28.6 Å². The van der Waals surface area contributed by atoms with Gasteiger partial charge in [0, 0.05) is 42.0 Å². The number of rotatable bonds is 8. The van der Waals surface area contributed by atoms with Gasteiger partial charge in [-0.1, -0.05) is 17.7 Å². The molecule has 0 bridgehead atoms. The maximum Gasteiger partial charge on any atom is 0.198 e. The Morgan fingerprint density at radius 2 is 2.11 bits per heavy atom. The van der Waals surface area contributed by atoms with Gasteiger partial charge in [-0.2, -0.15) is 5.10 Å². The molecule has 0 unspecified atom stereocenters. The summed E-state index contributed by atoms with van der Waals surface area (Å²) in [5.41, 5.74) is 2.06. The molecule has 1 aromatic carbocycles. The number of aromatic nitrogens is 4. The van der Waals surface area contributed by atoms with Gasteiger partial charge in [-0.05, 0) is 49.6 Å². The summed E-state index contributed by atoms with van der Waals surface area (Å²) in [6.07, 6.45) is 4.40. The van der Waals surface area contributed by atoms with Crippen molar-refractivity contribution in [3.8, 4) is 5.75 Å². The average molecular weight is 404 g/mol. The van der Waals surface area contributed by atoms with Crippen molar-refractivity contribution in [1.29, 1.82) is 0 Å². The maximum absolute atomic E-state index is 6.11. The fraction of sp³-hybridized carbons (Fsp3) is 0.316. The molecule has 0 amide bonds. The van der Waals surface area contributed by atoms with Crippen molar-refractivity contribution in [3.05, 3.63) is 70.0 Å². The summed E-state index contributed by atoms with van der Waals surface area (Å²) in [6, 6.07) is 11.5. The first-order chi connectivity index (χ1) is 13.1. The first kappa shape index (κ1) is 19.5. The molecule has 3 rings (SSSR count). The molecule has 0 atom stereocenters. The SMILES string of the molecule is COc1ccc(Cl)cc1CN(C)Cn1ncn(CCc2ccccn2)c1=S. The molecule has 0 aliphatic rings. The topological polar surface area (TPSA) is 48.1 Å². The van der Waals surface area contributed by atoms with Crippen LogP contribution >= 0.6 is 23.8 Å². The van der Waals surface area contributed by atoms with E-state index < -0.39 is 0 Å². The minimum Gasteiger partial charge on any atom is -0.496 e. The predicted molar refractivity (Wildman–Crippen MR) is 108 cm³/mol. The van der Waals surface area contributed by atoms with Gasteiger partial charge in [0.1, 0.15) is 12.1 Å². The Balaban J connectivity index is 1.63. The van der Waals surface area contributed by atoms with E-state index in [1.54, 1.807) is 19.6 Å². The van der Waals surface area contributed by atoms with Crippen molar-refractivity contribution in [3.63, 3.8) is 0 Å². The van der Waals surface area contributed by atoms with E-state index in [0.717, 1.165) is 30.0 Å². The highest BCUT2D eigenvalue weighted by Crippen LogP contribution is 2.23. The molecule has 27 heavy (non-hydrogen) atoms. The van der Waals surface area contributed by atoms with Crippen LogP contribution in [-0.2, 0) is 26.2 Å². The number of aryl methyl sites for hydroxylation is 2. The number of nitrogens with zero attached hydrogens (tertiary/aromatic N) is 5. The minimum atomic E-state index is 0.574. The smallest absolute Gasteiger partial charge is 0.198 e. The van der Waals surface area contributed by atoms with Gasteiger partial charge in [0.15, 0.2) is 4.77 Å². The fourth-order valence-corrected chi connectivity index (χ4v) is 3.28. The number of methoxy groups -OCH3 is 1. The van der Waals surface area contributed by atoms with Crippen LogP contribution in [0.25, 0.3) is 0 Å². The lowest BCUT2D eigenvalue weighted by Gasteiger charge is -2.18. The van der Waals surface area contributed by atoms with Gasteiger partial charge >= 0.3 is 0 Å². The van der Waals surface area contributed by atoms with Crippen molar-refractivity contribution in [2.45, 2.75) is 26.2 Å². The first-order valence-electron chi connectivity index (χ1n) is 8.60. The third-order valence-electron chi connectivity index (χ3n) is 4.19. The lowest BCUT2D eigenvalue weighted by molar-refractivity contribution is 0.240. The first-order valence-corrected chi connectivity index (χ1v) is 9.38. The van der Waals surface area contributed by atoms with Crippen molar-refractivity contribution >= 4 is 23.8 Å². The zero-order valence-corrected chi connectivity index (χ0v) is 17.0. The van der Waals surface area contributed by atoms with E-state index in [0.29, 0.717) is 23.0 Å². The van der Waals surface area contributed by atoms with E-state index in [1.807, 2.05) is 52.7 Å². The standard InChI is InChI=1S/C19H22ClN5OS/c1-23(12-15-11-16(20)6-7-18(15)26-2)14-25-19(27)24(13-22-25)10-8-17-5-3-4-9-21-17/h3-7,9,11,13H,8,10,12,14H2,1-2H3. The Labute approximate surface area is 169 Å². The molecular weight excluding hydrogens is 382 g/mol. The molecule has 6 nitrogen and oxygen atoms in total. The molecular formula is C19H22ClN5OS. The Morgan fingerprint density at radius 1 is 1.26 bits per heavy atom. The third kappa shape index (κ3) is 5.15. The van der Waals surface area contributed by atoms with Crippen LogP contribution in [0.4, 0.5) is 0 Å². The van der Waals surface area contributed by atoms with Crippen LogP contribution in [0.15, 0.2) is 48.9 Å². The van der Waals surface area contributed by atoms with E-state index in [2.05, 4.69) is 15.0 Å². The van der Waals surface area contributed by atoms with Gasteiger partial charge in [-0.3, -0.25) is 9.88 Å². The van der Waals surface area contributed by atoms with Gasteiger partial charge in [0.05, 0.1) is 13.8 Å². The number of hydrogen-bond acceptors (Lipinski definition) is 5. The van der Waals surface area contributed by atoms with Gasteiger partial charge < -0.3 is 9.30 Å². The van der Waals surface area contributed by atoms with Crippen molar-refractivity contribution in [1.82, 2.24) is 24.2 Å². The fourth-order valence-electron chi connectivity index (χ4n) is 2.84. The Bertz CT molecular complexity index is 941. The summed E-state index contributed by atoms with van der Waals surface area (Å²) in [6.45, 7) is 2.00. The second kappa shape index (κ2) is 9.12. The lowest BCUT2D eigenvalue weighted by Crippen LogP contribution is -2.23.